The molecule has 0 fully saturated rings. The topological polar surface area (TPSA) is 38.3 Å². The van der Waals surface area contributed by atoms with Gasteiger partial charge < -0.3 is 10.1 Å². The molecule has 0 amide bonds. The van der Waals surface area contributed by atoms with Crippen LogP contribution in [0.4, 0.5) is 13.2 Å². The number of ether oxygens (including phenoxy) is 1. The Morgan fingerprint density at radius 1 is 1.32 bits per heavy atom. The van der Waals surface area contributed by atoms with E-state index >= 15 is 0 Å². The number of esters is 1. The van der Waals surface area contributed by atoms with E-state index in [-0.39, 0.29) is 0 Å². The van der Waals surface area contributed by atoms with Crippen LogP contribution in [0.25, 0.3) is 0 Å². The van der Waals surface area contributed by atoms with Crippen molar-refractivity contribution < 1.29 is 22.7 Å². The fourth-order valence-electron chi connectivity index (χ4n) is 1.61. The third kappa shape index (κ3) is 4.24. The Morgan fingerprint density at radius 2 is 1.89 bits per heavy atom. The molecule has 0 bridgehead atoms. The maximum absolute atomic E-state index is 12.4. The summed E-state index contributed by atoms with van der Waals surface area (Å²) >= 11 is 0. The summed E-state index contributed by atoms with van der Waals surface area (Å²) in [5, 5.41) is 2.94. The van der Waals surface area contributed by atoms with Gasteiger partial charge in [0.05, 0.1) is 12.7 Å². The highest BCUT2D eigenvalue weighted by molar-refractivity contribution is 5.77. The lowest BCUT2D eigenvalue weighted by Gasteiger charge is -2.17. The first-order valence-electron chi connectivity index (χ1n) is 5.88. The fraction of sp³-hybridized carbons (Fsp3) is 0.462. The lowest BCUT2D eigenvalue weighted by atomic mass is 10.0. The molecule has 1 atom stereocenters. The van der Waals surface area contributed by atoms with Gasteiger partial charge in [-0.1, -0.05) is 19.1 Å². The Bertz CT molecular complexity index is 415. The quantitative estimate of drug-likeness (QED) is 0.840. The fourth-order valence-corrected chi connectivity index (χ4v) is 1.61. The number of carbonyl (C=O) groups excluding carboxylic acids is 1. The molecule has 1 unspecified atom stereocenters. The van der Waals surface area contributed by atoms with Gasteiger partial charge in [-0.15, -0.1) is 0 Å². The molecular formula is C13H16F3NO2. The molecule has 0 aliphatic rings. The first-order chi connectivity index (χ1) is 8.90. The van der Waals surface area contributed by atoms with E-state index in [4.69, 9.17) is 0 Å². The maximum Gasteiger partial charge on any atom is 0.416 e. The normalized spacial score (nSPS) is 13.1. The third-order valence-electron chi connectivity index (χ3n) is 2.61. The van der Waals surface area contributed by atoms with Gasteiger partial charge in [0.25, 0.3) is 0 Å². The number of rotatable bonds is 5. The lowest BCUT2D eigenvalue weighted by Crippen LogP contribution is -2.30. The zero-order valence-corrected chi connectivity index (χ0v) is 10.8. The average Bonchev–Trinajstić information content (AvgIpc) is 2.38. The van der Waals surface area contributed by atoms with E-state index in [1.54, 1.807) is 0 Å². The molecule has 3 nitrogen and oxygen atoms in total. The van der Waals surface area contributed by atoms with Crippen LogP contribution in [0.15, 0.2) is 24.3 Å². The molecule has 19 heavy (non-hydrogen) atoms. The molecule has 106 valence electrons. The van der Waals surface area contributed by atoms with E-state index in [1.165, 1.54) is 19.2 Å². The summed E-state index contributed by atoms with van der Waals surface area (Å²) in [6, 6.07) is 3.74. The highest BCUT2D eigenvalue weighted by Gasteiger charge is 2.30. The van der Waals surface area contributed by atoms with Crippen LogP contribution >= 0.6 is 0 Å². The highest BCUT2D eigenvalue weighted by Crippen LogP contribution is 2.30. The first-order valence-corrected chi connectivity index (χ1v) is 5.88. The second kappa shape index (κ2) is 6.56. The monoisotopic (exact) mass is 275 g/mol. The van der Waals surface area contributed by atoms with Crippen molar-refractivity contribution in [1.29, 1.82) is 0 Å². The van der Waals surface area contributed by atoms with E-state index in [2.05, 4.69) is 10.1 Å². The molecule has 1 aromatic carbocycles. The Balaban J connectivity index is 2.93. The zero-order valence-electron chi connectivity index (χ0n) is 10.8. The van der Waals surface area contributed by atoms with Crippen molar-refractivity contribution in [3.05, 3.63) is 35.4 Å². The van der Waals surface area contributed by atoms with Crippen LogP contribution in [0, 0.1) is 0 Å². The van der Waals surface area contributed by atoms with Crippen molar-refractivity contribution in [2.24, 2.45) is 0 Å². The Morgan fingerprint density at radius 3 is 2.32 bits per heavy atom. The standard InChI is InChI=1S/C13H16F3NO2/c1-3-8-17-11(12(18)19-2)9-4-6-10(7-5-9)13(14,15)16/h4-7,11,17H,3,8H2,1-2H3. The van der Waals surface area contributed by atoms with Crippen LogP contribution in [0.3, 0.4) is 0 Å². The van der Waals surface area contributed by atoms with Gasteiger partial charge in [-0.25, -0.2) is 4.79 Å². The van der Waals surface area contributed by atoms with Crippen LogP contribution in [-0.2, 0) is 15.7 Å². The van der Waals surface area contributed by atoms with Gasteiger partial charge in [-0.2, -0.15) is 13.2 Å². The van der Waals surface area contributed by atoms with Crippen molar-refractivity contribution in [3.63, 3.8) is 0 Å². The molecule has 0 saturated heterocycles. The summed E-state index contributed by atoms with van der Waals surface area (Å²) in [5.41, 5.74) is -0.288. The largest absolute Gasteiger partial charge is 0.468 e. The van der Waals surface area contributed by atoms with E-state index < -0.39 is 23.8 Å². The zero-order chi connectivity index (χ0) is 14.5. The Kier molecular flexibility index (Phi) is 5.35. The predicted molar refractivity (Wildman–Crippen MR) is 64.5 cm³/mol. The van der Waals surface area contributed by atoms with Crippen LogP contribution < -0.4 is 5.32 Å². The SMILES string of the molecule is CCCNC(C(=O)OC)c1ccc(C(F)(F)F)cc1. The number of hydrogen-bond donors (Lipinski definition) is 1. The van der Waals surface area contributed by atoms with Gasteiger partial charge in [0.2, 0.25) is 0 Å². The van der Waals surface area contributed by atoms with Gasteiger partial charge >= 0.3 is 12.1 Å². The minimum atomic E-state index is -4.38. The Labute approximate surface area is 109 Å². The van der Waals surface area contributed by atoms with E-state index in [9.17, 15) is 18.0 Å². The molecule has 0 aliphatic carbocycles. The number of alkyl halides is 3. The van der Waals surface area contributed by atoms with E-state index in [0.717, 1.165) is 18.6 Å². The second-order valence-electron chi connectivity index (χ2n) is 4.03. The summed E-state index contributed by atoms with van der Waals surface area (Å²) in [6.45, 7) is 2.49. The molecule has 1 N–H and O–H groups in total. The van der Waals surface area contributed by atoms with Crippen LogP contribution in [-0.4, -0.2) is 19.6 Å². The highest BCUT2D eigenvalue weighted by atomic mass is 19.4. The average molecular weight is 275 g/mol. The van der Waals surface area contributed by atoms with Crippen molar-refractivity contribution in [3.8, 4) is 0 Å². The molecular weight excluding hydrogens is 259 g/mol. The van der Waals surface area contributed by atoms with Crippen LogP contribution in [0.5, 0.6) is 0 Å². The van der Waals surface area contributed by atoms with Crippen molar-refractivity contribution in [1.82, 2.24) is 5.32 Å². The van der Waals surface area contributed by atoms with Gasteiger partial charge in [-0.05, 0) is 30.7 Å². The molecule has 0 aromatic heterocycles. The molecule has 0 heterocycles. The first kappa shape index (κ1) is 15.5. The Hall–Kier alpha value is -1.56. The molecule has 0 aliphatic heterocycles. The summed E-state index contributed by atoms with van der Waals surface area (Å²) in [7, 11) is 1.24. The van der Waals surface area contributed by atoms with Crippen molar-refractivity contribution in [2.75, 3.05) is 13.7 Å². The molecule has 1 aromatic rings. The predicted octanol–water partition coefficient (Wildman–Crippen LogP) is 2.92. The number of halogens is 3. The number of carbonyl (C=O) groups is 1. The van der Waals surface area contributed by atoms with Gasteiger partial charge in [0, 0.05) is 0 Å². The van der Waals surface area contributed by atoms with Crippen LogP contribution in [0.2, 0.25) is 0 Å². The van der Waals surface area contributed by atoms with Gasteiger partial charge in [0.15, 0.2) is 0 Å². The maximum atomic E-state index is 12.4. The van der Waals surface area contributed by atoms with E-state index in [0.29, 0.717) is 12.1 Å². The number of nitrogens with one attached hydrogen (secondary N) is 1. The number of hydrogen-bond acceptors (Lipinski definition) is 3. The van der Waals surface area contributed by atoms with E-state index in [1.807, 2.05) is 6.92 Å². The lowest BCUT2D eigenvalue weighted by molar-refractivity contribution is -0.143. The van der Waals surface area contributed by atoms with Crippen molar-refractivity contribution in [2.45, 2.75) is 25.6 Å². The van der Waals surface area contributed by atoms with Gasteiger partial charge in [-0.3, -0.25) is 0 Å². The van der Waals surface area contributed by atoms with Crippen LogP contribution in [0.1, 0.15) is 30.5 Å². The third-order valence-corrected chi connectivity index (χ3v) is 2.61. The summed E-state index contributed by atoms with van der Waals surface area (Å²) in [4.78, 5) is 11.6. The van der Waals surface area contributed by atoms with Crippen molar-refractivity contribution >= 4 is 5.97 Å². The molecule has 1 rings (SSSR count). The molecule has 6 heteroatoms. The number of benzene rings is 1. The molecule has 0 radical (unpaired) electrons. The minimum Gasteiger partial charge on any atom is -0.468 e. The molecule has 0 spiro atoms. The summed E-state index contributed by atoms with van der Waals surface area (Å²) < 4.78 is 42.0. The molecule has 0 saturated carbocycles. The number of methoxy groups -OCH3 is 1. The summed E-state index contributed by atoms with van der Waals surface area (Å²) in [6.07, 6.45) is -3.58. The second-order valence-corrected chi connectivity index (χ2v) is 4.03. The summed E-state index contributed by atoms with van der Waals surface area (Å²) in [5.74, 6) is -0.520. The van der Waals surface area contributed by atoms with Gasteiger partial charge in [0.1, 0.15) is 6.04 Å². The minimum absolute atomic E-state index is 0.452. The smallest absolute Gasteiger partial charge is 0.416 e.